The molecule has 1 saturated heterocycles. The fourth-order valence-corrected chi connectivity index (χ4v) is 3.40. The molecule has 10 heteroatoms. The maximum absolute atomic E-state index is 13.7. The third-order valence-corrected chi connectivity index (χ3v) is 5.05. The van der Waals surface area contributed by atoms with Crippen molar-refractivity contribution in [3.63, 3.8) is 0 Å². The molecule has 2 unspecified atom stereocenters. The van der Waals surface area contributed by atoms with E-state index in [9.17, 15) is 18.0 Å². The van der Waals surface area contributed by atoms with Crippen LogP contribution >= 0.6 is 0 Å². The number of aliphatic imine (C=N–C) groups is 1. The number of halogens is 3. The molecule has 0 saturated carbocycles. The molecule has 156 valence electrons. The molecule has 2 N–H and O–H groups in total. The van der Waals surface area contributed by atoms with Gasteiger partial charge in [-0.3, -0.25) is 9.79 Å². The highest BCUT2D eigenvalue weighted by molar-refractivity contribution is 5.95. The molecule has 0 radical (unpaired) electrons. The SMILES string of the molecule is CN=C(NCC(=O)Nc1ccc(F)c(F)c1F)N1CCC(C)C(n2ccnc2)C1. The lowest BCUT2D eigenvalue weighted by molar-refractivity contribution is -0.115. The van der Waals surface area contributed by atoms with E-state index in [1.54, 1.807) is 19.6 Å². The third-order valence-electron chi connectivity index (χ3n) is 5.05. The number of nitrogens with zero attached hydrogens (tertiary/aromatic N) is 4. The Morgan fingerprint density at radius 2 is 2.10 bits per heavy atom. The van der Waals surface area contributed by atoms with Crippen molar-refractivity contribution in [2.75, 3.05) is 32.0 Å². The van der Waals surface area contributed by atoms with Gasteiger partial charge in [0.25, 0.3) is 0 Å². The predicted molar refractivity (Wildman–Crippen MR) is 103 cm³/mol. The number of likely N-dealkylation sites (tertiary alicyclic amines) is 1. The van der Waals surface area contributed by atoms with Gasteiger partial charge in [-0.15, -0.1) is 0 Å². The van der Waals surface area contributed by atoms with Crippen molar-refractivity contribution in [2.45, 2.75) is 19.4 Å². The van der Waals surface area contributed by atoms with Crippen LogP contribution < -0.4 is 10.6 Å². The Balaban J connectivity index is 1.59. The van der Waals surface area contributed by atoms with Gasteiger partial charge < -0.3 is 20.1 Å². The Morgan fingerprint density at radius 3 is 2.79 bits per heavy atom. The van der Waals surface area contributed by atoms with Gasteiger partial charge in [0.05, 0.1) is 24.6 Å². The molecule has 1 amide bonds. The van der Waals surface area contributed by atoms with Crippen LogP contribution in [0.4, 0.5) is 18.9 Å². The van der Waals surface area contributed by atoms with Crippen molar-refractivity contribution in [2.24, 2.45) is 10.9 Å². The van der Waals surface area contributed by atoms with Gasteiger partial charge in [0.1, 0.15) is 0 Å². The van der Waals surface area contributed by atoms with Crippen LogP contribution in [0.1, 0.15) is 19.4 Å². The summed E-state index contributed by atoms with van der Waals surface area (Å²) in [5, 5.41) is 5.16. The first-order valence-corrected chi connectivity index (χ1v) is 9.27. The molecular formula is C19H23F3N6O. The summed E-state index contributed by atoms with van der Waals surface area (Å²) in [5.74, 6) is -3.99. The first-order chi connectivity index (χ1) is 13.9. The number of piperidine rings is 1. The number of anilines is 1. The van der Waals surface area contributed by atoms with Gasteiger partial charge >= 0.3 is 0 Å². The molecule has 1 fully saturated rings. The minimum absolute atomic E-state index is 0.201. The zero-order valence-electron chi connectivity index (χ0n) is 16.2. The van der Waals surface area contributed by atoms with Crippen LogP contribution in [0.5, 0.6) is 0 Å². The molecule has 0 spiro atoms. The summed E-state index contributed by atoms with van der Waals surface area (Å²) in [6.07, 6.45) is 6.38. The Bertz CT molecular complexity index is 886. The molecule has 1 aliphatic heterocycles. The second-order valence-electron chi connectivity index (χ2n) is 6.96. The van der Waals surface area contributed by atoms with Gasteiger partial charge in [-0.05, 0) is 24.5 Å². The summed E-state index contributed by atoms with van der Waals surface area (Å²) >= 11 is 0. The third kappa shape index (κ3) is 4.69. The fourth-order valence-electron chi connectivity index (χ4n) is 3.40. The van der Waals surface area contributed by atoms with Crippen molar-refractivity contribution >= 4 is 17.6 Å². The van der Waals surface area contributed by atoms with Gasteiger partial charge in [0, 0.05) is 32.5 Å². The quantitative estimate of drug-likeness (QED) is 0.463. The fraction of sp³-hybridized carbons (Fsp3) is 0.421. The molecule has 7 nitrogen and oxygen atoms in total. The highest BCUT2D eigenvalue weighted by atomic mass is 19.2. The molecule has 0 bridgehead atoms. The highest BCUT2D eigenvalue weighted by Gasteiger charge is 2.29. The largest absolute Gasteiger partial charge is 0.347 e. The summed E-state index contributed by atoms with van der Waals surface area (Å²) in [6, 6.07) is 1.95. The lowest BCUT2D eigenvalue weighted by Crippen LogP contribution is -2.50. The number of benzene rings is 1. The number of carbonyl (C=O) groups excluding carboxylic acids is 1. The number of aromatic nitrogens is 2. The van der Waals surface area contributed by atoms with Gasteiger partial charge in [-0.1, -0.05) is 6.92 Å². The average molecular weight is 408 g/mol. The number of hydrogen-bond donors (Lipinski definition) is 2. The molecule has 1 aromatic heterocycles. The van der Waals surface area contributed by atoms with Gasteiger partial charge in [-0.25, -0.2) is 18.2 Å². The summed E-state index contributed by atoms with van der Waals surface area (Å²) in [5.41, 5.74) is -0.419. The Labute approximate surface area is 166 Å². The predicted octanol–water partition coefficient (Wildman–Crippen LogP) is 2.40. The normalized spacial score (nSPS) is 19.9. The zero-order valence-corrected chi connectivity index (χ0v) is 16.2. The number of hydrogen-bond acceptors (Lipinski definition) is 3. The summed E-state index contributed by atoms with van der Waals surface area (Å²) in [6.45, 7) is 3.44. The standard InChI is InChI=1S/C19H23F3N6O/c1-12-5-7-27(10-15(12)28-8-6-24-11-28)19(23-2)25-9-16(29)26-14-4-3-13(20)17(21)18(14)22/h3-4,6,8,11-12,15H,5,7,9-10H2,1-2H3,(H,23,25)(H,26,29). The zero-order chi connectivity index (χ0) is 21.0. The summed E-state index contributed by atoms with van der Waals surface area (Å²) < 4.78 is 42.0. The van der Waals surface area contributed by atoms with E-state index in [4.69, 9.17) is 0 Å². The lowest BCUT2D eigenvalue weighted by Gasteiger charge is -2.39. The van der Waals surface area contributed by atoms with E-state index >= 15 is 0 Å². The first-order valence-electron chi connectivity index (χ1n) is 9.27. The van der Waals surface area contributed by atoms with Crippen molar-refractivity contribution < 1.29 is 18.0 Å². The molecule has 1 aromatic carbocycles. The molecule has 0 aliphatic carbocycles. The van der Waals surface area contributed by atoms with Crippen molar-refractivity contribution in [3.05, 3.63) is 48.3 Å². The van der Waals surface area contributed by atoms with Gasteiger partial charge in [0.2, 0.25) is 5.91 Å². The van der Waals surface area contributed by atoms with Crippen molar-refractivity contribution in [1.82, 2.24) is 19.8 Å². The molecule has 2 heterocycles. The Morgan fingerprint density at radius 1 is 1.31 bits per heavy atom. The van der Waals surface area contributed by atoms with Crippen molar-refractivity contribution in [1.29, 1.82) is 0 Å². The molecule has 1 aliphatic rings. The second-order valence-corrected chi connectivity index (χ2v) is 6.96. The van der Waals surface area contributed by atoms with Crippen LogP contribution in [0, 0.1) is 23.4 Å². The average Bonchev–Trinajstić information content (AvgIpc) is 3.24. The number of carbonyl (C=O) groups is 1. The number of imidazole rings is 1. The van der Waals surface area contributed by atoms with E-state index in [1.165, 1.54) is 0 Å². The number of nitrogens with one attached hydrogen (secondary N) is 2. The summed E-state index contributed by atoms with van der Waals surface area (Å²) in [4.78, 5) is 22.5. The highest BCUT2D eigenvalue weighted by Crippen LogP contribution is 2.27. The van der Waals surface area contributed by atoms with Crippen LogP contribution in [0.15, 0.2) is 35.8 Å². The van der Waals surface area contributed by atoms with Crippen LogP contribution in [0.25, 0.3) is 0 Å². The van der Waals surface area contributed by atoms with E-state index in [-0.39, 0.29) is 12.6 Å². The lowest BCUT2D eigenvalue weighted by atomic mass is 9.93. The molecule has 2 atom stereocenters. The topological polar surface area (TPSA) is 74.6 Å². The molecule has 29 heavy (non-hydrogen) atoms. The van der Waals surface area contributed by atoms with Crippen LogP contribution in [0.2, 0.25) is 0 Å². The maximum Gasteiger partial charge on any atom is 0.243 e. The monoisotopic (exact) mass is 408 g/mol. The van der Waals surface area contributed by atoms with Crippen LogP contribution in [0.3, 0.4) is 0 Å². The Kier molecular flexibility index (Phi) is 6.40. The van der Waals surface area contributed by atoms with Gasteiger partial charge in [-0.2, -0.15) is 0 Å². The van der Waals surface area contributed by atoms with E-state index in [0.29, 0.717) is 18.4 Å². The second kappa shape index (κ2) is 8.97. The minimum atomic E-state index is -1.63. The number of amides is 1. The van der Waals surface area contributed by atoms with Crippen LogP contribution in [-0.4, -0.2) is 53.0 Å². The molecule has 2 aromatic rings. The smallest absolute Gasteiger partial charge is 0.243 e. The van der Waals surface area contributed by atoms with E-state index in [1.807, 2.05) is 11.1 Å². The number of rotatable bonds is 4. The minimum Gasteiger partial charge on any atom is -0.347 e. The van der Waals surface area contributed by atoms with Crippen LogP contribution in [-0.2, 0) is 4.79 Å². The number of guanidine groups is 1. The molecule has 3 rings (SSSR count). The van der Waals surface area contributed by atoms with E-state index in [2.05, 4.69) is 32.1 Å². The first kappa shape index (κ1) is 20.7. The van der Waals surface area contributed by atoms with Gasteiger partial charge in [0.15, 0.2) is 23.4 Å². The van der Waals surface area contributed by atoms with Crippen molar-refractivity contribution in [3.8, 4) is 0 Å². The summed E-state index contributed by atoms with van der Waals surface area (Å²) in [7, 11) is 1.61. The maximum atomic E-state index is 13.7. The Hall–Kier alpha value is -3.04. The molecular weight excluding hydrogens is 385 g/mol. The van der Waals surface area contributed by atoms with E-state index in [0.717, 1.165) is 25.1 Å². The van der Waals surface area contributed by atoms with E-state index < -0.39 is 29.0 Å².